The predicted octanol–water partition coefficient (Wildman–Crippen LogP) is 2.15. The first-order valence-corrected chi connectivity index (χ1v) is 13.4. The van der Waals surface area contributed by atoms with E-state index in [2.05, 4.69) is 0 Å². The number of aliphatic hydroxyl groups excluding tert-OH is 1. The minimum atomic E-state index is -1.25. The van der Waals surface area contributed by atoms with Crippen molar-refractivity contribution in [2.75, 3.05) is 45.3 Å². The van der Waals surface area contributed by atoms with E-state index < -0.39 is 29.1 Å². The van der Waals surface area contributed by atoms with E-state index in [-0.39, 0.29) is 24.3 Å². The number of amides is 3. The van der Waals surface area contributed by atoms with Crippen LogP contribution < -0.4 is 9.64 Å². The molecule has 5 rings (SSSR count). The van der Waals surface area contributed by atoms with Gasteiger partial charge in [-0.1, -0.05) is 37.1 Å². The van der Waals surface area contributed by atoms with Crippen LogP contribution in [0, 0.1) is 11.8 Å². The zero-order valence-electron chi connectivity index (χ0n) is 22.3. The number of anilines is 1. The Balaban J connectivity index is 1.56. The first-order chi connectivity index (χ1) is 18.3. The van der Waals surface area contributed by atoms with Gasteiger partial charge in [0.2, 0.25) is 11.8 Å². The van der Waals surface area contributed by atoms with Crippen LogP contribution in [-0.2, 0) is 19.1 Å². The van der Waals surface area contributed by atoms with Gasteiger partial charge in [-0.2, -0.15) is 0 Å². The lowest BCUT2D eigenvalue weighted by Crippen LogP contribution is -2.56. The summed E-state index contributed by atoms with van der Waals surface area (Å²) in [6.45, 7) is 3.14. The standard InChI is InChI=1S/C29H37N3O6/c1-28-14-8-16-30(2)25(34)22(28)23-26(35)32(17-6-4-5-7-19-33)24-27(36)31(18-9-15-29(23,24)38-28)20-10-12-21(37-3)13-11-20/h8-15,22-24,33H,4-7,16-19H2,1-3H3/t22-,23-,24?,28+,29-/m0/s1. The van der Waals surface area contributed by atoms with Gasteiger partial charge in [0.05, 0.1) is 24.5 Å². The molecule has 3 amide bonds. The third kappa shape index (κ3) is 4.12. The molecule has 1 spiro atoms. The Kier molecular flexibility index (Phi) is 7.09. The molecule has 0 radical (unpaired) electrons. The van der Waals surface area contributed by atoms with Crippen LogP contribution in [0.5, 0.6) is 5.75 Å². The number of hydrogen-bond donors (Lipinski definition) is 1. The fourth-order valence-electron chi connectivity index (χ4n) is 6.62. The average molecular weight is 524 g/mol. The van der Waals surface area contributed by atoms with Crippen LogP contribution in [0.15, 0.2) is 48.6 Å². The molecule has 4 heterocycles. The molecule has 9 heteroatoms. The number of unbranched alkanes of at least 4 members (excludes halogenated alkanes) is 3. The molecule has 4 aliphatic heterocycles. The van der Waals surface area contributed by atoms with E-state index in [0.717, 1.165) is 12.8 Å². The molecule has 0 aliphatic carbocycles. The summed E-state index contributed by atoms with van der Waals surface area (Å²) in [5.74, 6) is -1.43. The van der Waals surface area contributed by atoms with E-state index in [4.69, 9.17) is 14.6 Å². The van der Waals surface area contributed by atoms with Gasteiger partial charge in [0.25, 0.3) is 5.91 Å². The van der Waals surface area contributed by atoms with E-state index >= 15 is 0 Å². The summed E-state index contributed by atoms with van der Waals surface area (Å²) < 4.78 is 12.1. The van der Waals surface area contributed by atoms with Gasteiger partial charge in [0, 0.05) is 39.0 Å². The summed E-state index contributed by atoms with van der Waals surface area (Å²) in [5, 5.41) is 9.13. The first-order valence-electron chi connectivity index (χ1n) is 13.4. The maximum Gasteiger partial charge on any atom is 0.253 e. The normalized spacial score (nSPS) is 32.3. The van der Waals surface area contributed by atoms with Gasteiger partial charge in [0.1, 0.15) is 17.4 Å². The number of likely N-dealkylation sites (tertiary alicyclic amines) is 1. The molecular formula is C29H37N3O6. The minimum absolute atomic E-state index is 0.133. The highest BCUT2D eigenvalue weighted by Gasteiger charge is 2.74. The van der Waals surface area contributed by atoms with E-state index in [1.165, 1.54) is 0 Å². The molecule has 9 nitrogen and oxygen atoms in total. The van der Waals surface area contributed by atoms with E-state index in [1.54, 1.807) is 41.0 Å². The van der Waals surface area contributed by atoms with Crippen LogP contribution in [0.25, 0.3) is 0 Å². The second-order valence-electron chi connectivity index (χ2n) is 10.8. The summed E-state index contributed by atoms with van der Waals surface area (Å²) >= 11 is 0. The van der Waals surface area contributed by atoms with Gasteiger partial charge in [-0.3, -0.25) is 14.4 Å². The number of aliphatic hydroxyl groups is 1. The van der Waals surface area contributed by atoms with Gasteiger partial charge in [-0.15, -0.1) is 0 Å². The lowest BCUT2D eigenvalue weighted by molar-refractivity contribution is -0.148. The summed E-state index contributed by atoms with van der Waals surface area (Å²) in [5.41, 5.74) is -1.56. The van der Waals surface area contributed by atoms with Crippen molar-refractivity contribution in [1.82, 2.24) is 9.80 Å². The number of rotatable bonds is 8. The van der Waals surface area contributed by atoms with Crippen molar-refractivity contribution >= 4 is 23.4 Å². The number of hydrogen-bond acceptors (Lipinski definition) is 6. The summed E-state index contributed by atoms with van der Waals surface area (Å²) in [7, 11) is 3.33. The minimum Gasteiger partial charge on any atom is -0.497 e. The summed E-state index contributed by atoms with van der Waals surface area (Å²) in [4.78, 5) is 47.1. The molecular weight excluding hydrogens is 486 g/mol. The Bertz CT molecular complexity index is 1150. The highest BCUT2D eigenvalue weighted by atomic mass is 16.5. The quantitative estimate of drug-likeness (QED) is 0.414. The molecule has 1 unspecified atom stereocenters. The zero-order valence-corrected chi connectivity index (χ0v) is 22.3. The Morgan fingerprint density at radius 2 is 1.66 bits per heavy atom. The topological polar surface area (TPSA) is 99.6 Å². The smallest absolute Gasteiger partial charge is 0.253 e. The van der Waals surface area contributed by atoms with Crippen molar-refractivity contribution in [3.63, 3.8) is 0 Å². The van der Waals surface area contributed by atoms with Crippen molar-refractivity contribution < 1.29 is 29.0 Å². The van der Waals surface area contributed by atoms with Crippen molar-refractivity contribution in [3.05, 3.63) is 48.6 Å². The molecule has 0 saturated carbocycles. The Morgan fingerprint density at radius 1 is 0.947 bits per heavy atom. The van der Waals surface area contributed by atoms with Crippen LogP contribution in [0.4, 0.5) is 5.69 Å². The SMILES string of the molecule is COc1ccc(N2CC=C[C@]34O[C@]5(C)C=CCN(C)C(=O)[C@@H]5[C@H]3C(=O)N(CCCCCCO)C4C2=O)cc1. The lowest BCUT2D eigenvalue weighted by Gasteiger charge is -2.37. The molecule has 0 bridgehead atoms. The van der Waals surface area contributed by atoms with E-state index in [9.17, 15) is 14.4 Å². The number of carbonyl (C=O) groups is 3. The summed E-state index contributed by atoms with van der Waals surface area (Å²) in [6.07, 6.45) is 10.6. The third-order valence-electron chi connectivity index (χ3n) is 8.45. The van der Waals surface area contributed by atoms with Gasteiger partial charge in [-0.05, 0) is 44.0 Å². The van der Waals surface area contributed by atoms with Crippen LogP contribution in [0.2, 0.25) is 0 Å². The average Bonchev–Trinajstić information content (AvgIpc) is 3.18. The van der Waals surface area contributed by atoms with Gasteiger partial charge >= 0.3 is 0 Å². The maximum absolute atomic E-state index is 14.4. The number of carbonyl (C=O) groups excluding carboxylic acids is 3. The largest absolute Gasteiger partial charge is 0.497 e. The number of nitrogens with zero attached hydrogens (tertiary/aromatic N) is 3. The highest BCUT2D eigenvalue weighted by molar-refractivity contribution is 6.06. The van der Waals surface area contributed by atoms with Crippen molar-refractivity contribution in [3.8, 4) is 5.75 Å². The Labute approximate surface area is 223 Å². The first kappa shape index (κ1) is 26.4. The highest BCUT2D eigenvalue weighted by Crippen LogP contribution is 2.57. The molecule has 0 aromatic heterocycles. The molecule has 204 valence electrons. The molecule has 4 aliphatic rings. The lowest BCUT2D eigenvalue weighted by atomic mass is 9.74. The third-order valence-corrected chi connectivity index (χ3v) is 8.45. The number of benzene rings is 1. The molecule has 5 atom stereocenters. The molecule has 2 saturated heterocycles. The summed E-state index contributed by atoms with van der Waals surface area (Å²) in [6, 6.07) is 6.38. The van der Waals surface area contributed by atoms with Crippen LogP contribution in [-0.4, -0.2) is 90.3 Å². The van der Waals surface area contributed by atoms with Crippen LogP contribution in [0.1, 0.15) is 32.6 Å². The van der Waals surface area contributed by atoms with Gasteiger partial charge in [0.15, 0.2) is 0 Å². The predicted molar refractivity (Wildman–Crippen MR) is 142 cm³/mol. The molecule has 1 N–H and O–H groups in total. The monoisotopic (exact) mass is 523 g/mol. The number of likely N-dealkylation sites (N-methyl/N-ethyl adjacent to an activating group) is 1. The Morgan fingerprint density at radius 3 is 2.37 bits per heavy atom. The molecule has 2 fully saturated rings. The number of ether oxygens (including phenoxy) is 2. The Hall–Kier alpha value is -3.17. The fourth-order valence-corrected chi connectivity index (χ4v) is 6.62. The van der Waals surface area contributed by atoms with E-state index in [0.29, 0.717) is 43.9 Å². The number of fused-ring (bicyclic) bond motifs is 2. The van der Waals surface area contributed by atoms with Crippen LogP contribution in [0.3, 0.4) is 0 Å². The molecule has 1 aromatic rings. The van der Waals surface area contributed by atoms with E-state index in [1.807, 2.05) is 43.4 Å². The van der Waals surface area contributed by atoms with Gasteiger partial charge in [-0.25, -0.2) is 0 Å². The van der Waals surface area contributed by atoms with Crippen molar-refractivity contribution in [1.29, 1.82) is 0 Å². The zero-order chi connectivity index (χ0) is 27.1. The maximum atomic E-state index is 14.4. The number of methoxy groups -OCH3 is 1. The fraction of sp³-hybridized carbons (Fsp3) is 0.552. The molecule has 38 heavy (non-hydrogen) atoms. The van der Waals surface area contributed by atoms with Crippen molar-refractivity contribution in [2.24, 2.45) is 11.8 Å². The molecule has 1 aromatic carbocycles. The van der Waals surface area contributed by atoms with Crippen LogP contribution >= 0.6 is 0 Å². The second kappa shape index (κ2) is 10.2. The van der Waals surface area contributed by atoms with Crippen molar-refractivity contribution in [2.45, 2.75) is 49.9 Å². The second-order valence-corrected chi connectivity index (χ2v) is 10.8. The van der Waals surface area contributed by atoms with Gasteiger partial charge < -0.3 is 29.3 Å².